The number of hydrogen-bond donors (Lipinski definition) is 1. The molecule has 20 heavy (non-hydrogen) atoms. The van der Waals surface area contributed by atoms with Crippen LogP contribution in [0.5, 0.6) is 0 Å². The molecule has 0 aromatic heterocycles. The van der Waals surface area contributed by atoms with E-state index in [2.05, 4.69) is 0 Å². The summed E-state index contributed by atoms with van der Waals surface area (Å²) in [6.45, 7) is 0.230. The predicted octanol–water partition coefficient (Wildman–Crippen LogP) is 2.26. The number of ether oxygens (including phenoxy) is 1. The lowest BCUT2D eigenvalue weighted by atomic mass is 9.89. The summed E-state index contributed by atoms with van der Waals surface area (Å²) in [5.74, 6) is -1.24. The Bertz CT molecular complexity index is 516. The normalized spacial score (nSPS) is 27.6. The molecule has 2 bridgehead atoms. The number of carbonyl (C=O) groups is 2. The maximum absolute atomic E-state index is 12.2. The first-order valence-corrected chi connectivity index (χ1v) is 6.88. The van der Waals surface area contributed by atoms with E-state index in [0.29, 0.717) is 6.42 Å². The summed E-state index contributed by atoms with van der Waals surface area (Å²) < 4.78 is 5.31. The number of fused-ring (bicyclic) bond motifs is 2. The second-order valence-electron chi connectivity index (χ2n) is 5.43. The first kappa shape index (κ1) is 13.0. The van der Waals surface area contributed by atoms with Gasteiger partial charge in [-0.2, -0.15) is 0 Å². The van der Waals surface area contributed by atoms with Crippen LogP contribution in [-0.2, 0) is 16.1 Å². The maximum atomic E-state index is 12.2. The van der Waals surface area contributed by atoms with Crippen LogP contribution in [0.15, 0.2) is 30.3 Å². The Labute approximate surface area is 117 Å². The minimum absolute atomic E-state index is 0.0318. The van der Waals surface area contributed by atoms with Crippen molar-refractivity contribution in [2.45, 2.75) is 38.0 Å². The predicted molar refractivity (Wildman–Crippen MR) is 71.0 cm³/mol. The van der Waals surface area contributed by atoms with Gasteiger partial charge in [0, 0.05) is 12.1 Å². The van der Waals surface area contributed by atoms with E-state index in [-0.39, 0.29) is 24.8 Å². The minimum atomic E-state index is -0.807. The first-order valence-electron chi connectivity index (χ1n) is 6.88. The van der Waals surface area contributed by atoms with Crippen molar-refractivity contribution in [3.8, 4) is 0 Å². The van der Waals surface area contributed by atoms with Crippen LogP contribution in [0.1, 0.15) is 24.8 Å². The zero-order valence-electron chi connectivity index (χ0n) is 11.1. The zero-order chi connectivity index (χ0) is 14.1. The van der Waals surface area contributed by atoms with E-state index in [9.17, 15) is 9.59 Å². The average molecular weight is 275 g/mol. The Balaban J connectivity index is 1.62. The summed E-state index contributed by atoms with van der Waals surface area (Å²) in [6.07, 6.45) is 1.82. The molecule has 5 heteroatoms. The molecule has 0 unspecified atom stereocenters. The Kier molecular flexibility index (Phi) is 3.34. The quantitative estimate of drug-likeness (QED) is 0.918. The highest BCUT2D eigenvalue weighted by Gasteiger charge is 2.52. The Morgan fingerprint density at radius 3 is 2.65 bits per heavy atom. The lowest BCUT2D eigenvalue weighted by molar-refractivity contribution is -0.142. The fourth-order valence-corrected chi connectivity index (χ4v) is 3.33. The van der Waals surface area contributed by atoms with E-state index in [1.165, 1.54) is 0 Å². The highest BCUT2D eigenvalue weighted by atomic mass is 16.6. The Morgan fingerprint density at radius 2 is 2.00 bits per heavy atom. The van der Waals surface area contributed by atoms with E-state index in [1.54, 1.807) is 4.90 Å². The molecule has 2 aliphatic heterocycles. The molecule has 0 radical (unpaired) electrons. The average Bonchev–Trinajstić information content (AvgIpc) is 3.03. The molecular weight excluding hydrogens is 258 g/mol. The number of carboxylic acid groups (broad SMARTS) is 1. The third-order valence-corrected chi connectivity index (χ3v) is 4.27. The van der Waals surface area contributed by atoms with Crippen molar-refractivity contribution in [3.63, 3.8) is 0 Å². The topological polar surface area (TPSA) is 66.8 Å². The zero-order valence-corrected chi connectivity index (χ0v) is 11.1. The number of hydrogen-bond acceptors (Lipinski definition) is 3. The molecule has 2 heterocycles. The van der Waals surface area contributed by atoms with Crippen molar-refractivity contribution in [2.24, 2.45) is 5.92 Å². The molecule has 1 aromatic carbocycles. The second-order valence-corrected chi connectivity index (χ2v) is 5.43. The van der Waals surface area contributed by atoms with Crippen LogP contribution in [-0.4, -0.2) is 34.2 Å². The number of aliphatic carboxylic acids is 1. The standard InChI is InChI=1S/C15H17NO4/c17-14(18)12-8-11-6-7-13(12)16(11)15(19)20-9-10-4-2-1-3-5-10/h1-5,11-13H,6-9H2,(H,17,18)/t11-,12+,13+/m0/s1. The number of rotatable bonds is 3. The largest absolute Gasteiger partial charge is 0.481 e. The molecule has 106 valence electrons. The number of amides is 1. The Hall–Kier alpha value is -2.04. The number of carbonyl (C=O) groups excluding carboxylic acids is 1. The van der Waals surface area contributed by atoms with Gasteiger partial charge in [0.2, 0.25) is 0 Å². The lowest BCUT2D eigenvalue weighted by Crippen LogP contribution is -2.38. The van der Waals surface area contributed by atoms with Gasteiger partial charge in [0.1, 0.15) is 6.61 Å². The number of nitrogens with zero attached hydrogens (tertiary/aromatic N) is 1. The molecule has 5 nitrogen and oxygen atoms in total. The van der Waals surface area contributed by atoms with Gasteiger partial charge in [-0.1, -0.05) is 30.3 Å². The fourth-order valence-electron chi connectivity index (χ4n) is 3.33. The number of benzene rings is 1. The van der Waals surface area contributed by atoms with Gasteiger partial charge in [-0.15, -0.1) is 0 Å². The molecule has 3 atom stereocenters. The summed E-state index contributed by atoms with van der Waals surface area (Å²) in [4.78, 5) is 25.0. The number of carboxylic acids is 1. The molecule has 1 aromatic rings. The van der Waals surface area contributed by atoms with E-state index >= 15 is 0 Å². The van der Waals surface area contributed by atoms with Gasteiger partial charge in [-0.3, -0.25) is 4.79 Å². The van der Waals surface area contributed by atoms with Crippen LogP contribution in [0.25, 0.3) is 0 Å². The lowest BCUT2D eigenvalue weighted by Gasteiger charge is -2.22. The van der Waals surface area contributed by atoms with Crippen molar-refractivity contribution in [1.82, 2.24) is 4.90 Å². The first-order chi connectivity index (χ1) is 9.66. The molecule has 2 fully saturated rings. The molecule has 1 N–H and O–H groups in total. The van der Waals surface area contributed by atoms with Crippen LogP contribution in [0.2, 0.25) is 0 Å². The van der Waals surface area contributed by atoms with Gasteiger partial charge in [-0.25, -0.2) is 4.79 Å². The molecule has 0 aliphatic carbocycles. The smallest absolute Gasteiger partial charge is 0.410 e. The SMILES string of the molecule is O=C(O)[C@@H]1C[C@@H]2CC[C@H]1N2C(=O)OCc1ccccc1. The van der Waals surface area contributed by atoms with Gasteiger partial charge < -0.3 is 14.7 Å². The Morgan fingerprint density at radius 1 is 1.25 bits per heavy atom. The fraction of sp³-hybridized carbons (Fsp3) is 0.467. The summed E-state index contributed by atoms with van der Waals surface area (Å²) in [5, 5.41) is 9.16. The van der Waals surface area contributed by atoms with Crippen molar-refractivity contribution < 1.29 is 19.4 Å². The molecule has 1 amide bonds. The molecule has 0 spiro atoms. The van der Waals surface area contributed by atoms with E-state index in [1.807, 2.05) is 30.3 Å². The van der Waals surface area contributed by atoms with E-state index < -0.39 is 11.9 Å². The minimum Gasteiger partial charge on any atom is -0.481 e. The van der Waals surface area contributed by atoms with Crippen LogP contribution >= 0.6 is 0 Å². The summed E-state index contributed by atoms with van der Waals surface area (Å²) in [7, 11) is 0. The van der Waals surface area contributed by atoms with Gasteiger partial charge in [0.05, 0.1) is 5.92 Å². The van der Waals surface area contributed by atoms with Crippen LogP contribution < -0.4 is 0 Å². The summed E-state index contributed by atoms with van der Waals surface area (Å²) >= 11 is 0. The van der Waals surface area contributed by atoms with Crippen LogP contribution in [0.4, 0.5) is 4.79 Å². The van der Waals surface area contributed by atoms with E-state index in [0.717, 1.165) is 18.4 Å². The van der Waals surface area contributed by atoms with Crippen molar-refractivity contribution in [2.75, 3.05) is 0 Å². The molecule has 0 saturated carbocycles. The molecular formula is C15H17NO4. The van der Waals surface area contributed by atoms with Crippen LogP contribution in [0, 0.1) is 5.92 Å². The van der Waals surface area contributed by atoms with Gasteiger partial charge in [-0.05, 0) is 24.8 Å². The van der Waals surface area contributed by atoms with Gasteiger partial charge in [0.25, 0.3) is 0 Å². The van der Waals surface area contributed by atoms with Crippen LogP contribution in [0.3, 0.4) is 0 Å². The molecule has 3 rings (SSSR count). The maximum Gasteiger partial charge on any atom is 0.410 e. The third-order valence-electron chi connectivity index (χ3n) is 4.27. The van der Waals surface area contributed by atoms with Crippen molar-refractivity contribution >= 4 is 12.1 Å². The van der Waals surface area contributed by atoms with Gasteiger partial charge >= 0.3 is 12.1 Å². The summed E-state index contributed by atoms with van der Waals surface area (Å²) in [6, 6.07) is 9.32. The van der Waals surface area contributed by atoms with Crippen molar-refractivity contribution in [1.29, 1.82) is 0 Å². The van der Waals surface area contributed by atoms with Crippen molar-refractivity contribution in [3.05, 3.63) is 35.9 Å². The highest BCUT2D eigenvalue weighted by Crippen LogP contribution is 2.42. The monoisotopic (exact) mass is 275 g/mol. The molecule has 2 saturated heterocycles. The highest BCUT2D eigenvalue weighted by molar-refractivity contribution is 5.76. The third kappa shape index (κ3) is 2.24. The summed E-state index contributed by atoms with van der Waals surface area (Å²) in [5.41, 5.74) is 0.933. The molecule has 2 aliphatic rings. The van der Waals surface area contributed by atoms with E-state index in [4.69, 9.17) is 9.84 Å². The van der Waals surface area contributed by atoms with Gasteiger partial charge in [0.15, 0.2) is 0 Å². The second kappa shape index (κ2) is 5.15.